The van der Waals surface area contributed by atoms with Crippen LogP contribution in [-0.4, -0.2) is 16.1 Å². The molecule has 0 aliphatic heterocycles. The van der Waals surface area contributed by atoms with Crippen molar-refractivity contribution in [3.05, 3.63) is 64.2 Å². The maximum Gasteiger partial charge on any atom is 0.335 e. The molecule has 0 amide bonds. The summed E-state index contributed by atoms with van der Waals surface area (Å²) < 4.78 is 12.4. The number of aromatic nitrogens is 1. The maximum atomic E-state index is 12.4. The van der Waals surface area contributed by atoms with E-state index in [-0.39, 0.29) is 16.3 Å². The van der Waals surface area contributed by atoms with Crippen LogP contribution in [0.4, 0.5) is 4.39 Å². The largest absolute Gasteiger partial charge is 0.478 e. The molecule has 1 aromatic heterocycles. The molecule has 6 heteroatoms. The van der Waals surface area contributed by atoms with E-state index in [0.29, 0.717) is 5.69 Å². The maximum absolute atomic E-state index is 12.4. The van der Waals surface area contributed by atoms with Gasteiger partial charge in [-0.05, 0) is 31.2 Å². The molecule has 0 aliphatic rings. The van der Waals surface area contributed by atoms with Crippen molar-refractivity contribution in [2.45, 2.75) is 6.92 Å². The Morgan fingerprint density at radius 2 is 2.05 bits per heavy atom. The van der Waals surface area contributed by atoms with E-state index in [1.165, 1.54) is 24.3 Å². The summed E-state index contributed by atoms with van der Waals surface area (Å²) in [5, 5.41) is 17.0. The molecule has 0 unspecified atom stereocenters. The fourth-order valence-electron chi connectivity index (χ4n) is 1.30. The van der Waals surface area contributed by atoms with Crippen molar-refractivity contribution in [3.8, 4) is 6.07 Å². The number of hydrogen-bond acceptors (Lipinski definition) is 3. The van der Waals surface area contributed by atoms with Crippen LogP contribution in [0.5, 0.6) is 0 Å². The number of aromatic carboxylic acids is 1. The normalized spacial score (nSPS) is 9.10. The molecule has 0 saturated heterocycles. The number of nitrogens with zero attached hydrogens (tertiary/aromatic N) is 2. The molecular formula is C14H10ClFN2O2. The molecule has 0 radical (unpaired) electrons. The molecule has 0 saturated carbocycles. The highest BCUT2D eigenvalue weighted by Crippen LogP contribution is 2.09. The van der Waals surface area contributed by atoms with Crippen molar-refractivity contribution >= 4 is 17.6 Å². The van der Waals surface area contributed by atoms with Gasteiger partial charge < -0.3 is 5.11 Å². The van der Waals surface area contributed by atoms with Crippen LogP contribution in [0.25, 0.3) is 0 Å². The summed E-state index contributed by atoms with van der Waals surface area (Å²) in [6.07, 6.45) is 0. The zero-order valence-electron chi connectivity index (χ0n) is 10.5. The molecule has 102 valence electrons. The van der Waals surface area contributed by atoms with Crippen LogP contribution in [0.15, 0.2) is 36.4 Å². The molecule has 1 heterocycles. The van der Waals surface area contributed by atoms with E-state index < -0.39 is 11.8 Å². The summed E-state index contributed by atoms with van der Waals surface area (Å²) in [5.41, 5.74) is 0.870. The number of pyridine rings is 1. The highest BCUT2D eigenvalue weighted by Gasteiger charge is 2.04. The SMILES string of the molecule is Cc1cc(C(=O)O)cc(Cl)n1.N#Cc1ccccc1F. The van der Waals surface area contributed by atoms with Crippen LogP contribution >= 0.6 is 11.6 Å². The van der Waals surface area contributed by atoms with Crippen LogP contribution in [-0.2, 0) is 0 Å². The van der Waals surface area contributed by atoms with Gasteiger partial charge in [0, 0.05) is 5.69 Å². The van der Waals surface area contributed by atoms with Crippen LogP contribution in [0, 0.1) is 24.1 Å². The van der Waals surface area contributed by atoms with Gasteiger partial charge in [-0.25, -0.2) is 14.2 Å². The fourth-order valence-corrected chi connectivity index (χ4v) is 1.55. The molecule has 0 atom stereocenters. The minimum atomic E-state index is -0.989. The number of benzene rings is 1. The second-order valence-corrected chi connectivity index (χ2v) is 4.10. The predicted octanol–water partition coefficient (Wildman–Crippen LogP) is 3.44. The lowest BCUT2D eigenvalue weighted by Crippen LogP contribution is -1.97. The van der Waals surface area contributed by atoms with E-state index in [1.807, 2.05) is 0 Å². The van der Waals surface area contributed by atoms with Crippen molar-refractivity contribution in [2.24, 2.45) is 0 Å². The van der Waals surface area contributed by atoms with E-state index in [9.17, 15) is 9.18 Å². The number of carboxylic acids is 1. The number of aryl methyl sites for hydroxylation is 1. The molecule has 20 heavy (non-hydrogen) atoms. The average Bonchev–Trinajstić information content (AvgIpc) is 2.39. The van der Waals surface area contributed by atoms with E-state index in [4.69, 9.17) is 22.0 Å². The summed E-state index contributed by atoms with van der Waals surface area (Å²) in [5.74, 6) is -1.45. The second-order valence-electron chi connectivity index (χ2n) is 3.72. The first-order valence-corrected chi connectivity index (χ1v) is 5.84. The summed E-state index contributed by atoms with van der Waals surface area (Å²) in [4.78, 5) is 14.2. The Balaban J connectivity index is 0.000000204. The van der Waals surface area contributed by atoms with E-state index in [1.54, 1.807) is 25.1 Å². The topological polar surface area (TPSA) is 74.0 Å². The van der Waals surface area contributed by atoms with E-state index >= 15 is 0 Å². The third-order valence-corrected chi connectivity index (χ3v) is 2.36. The molecule has 1 aromatic carbocycles. The highest BCUT2D eigenvalue weighted by atomic mass is 35.5. The molecular weight excluding hydrogens is 283 g/mol. The van der Waals surface area contributed by atoms with Gasteiger partial charge in [-0.15, -0.1) is 0 Å². The van der Waals surface area contributed by atoms with Gasteiger partial charge in [0.1, 0.15) is 17.0 Å². The number of carbonyl (C=O) groups is 1. The van der Waals surface area contributed by atoms with Gasteiger partial charge in [0.25, 0.3) is 0 Å². The Kier molecular flexibility index (Phi) is 5.63. The summed E-state index contributed by atoms with van der Waals surface area (Å²) in [6, 6.07) is 10.4. The van der Waals surface area contributed by atoms with Gasteiger partial charge in [-0.2, -0.15) is 5.26 Å². The Hall–Kier alpha value is -2.45. The van der Waals surface area contributed by atoms with Crippen LogP contribution in [0.1, 0.15) is 21.6 Å². The van der Waals surface area contributed by atoms with Crippen molar-refractivity contribution in [3.63, 3.8) is 0 Å². The van der Waals surface area contributed by atoms with Gasteiger partial charge in [-0.1, -0.05) is 23.7 Å². The van der Waals surface area contributed by atoms with Crippen LogP contribution in [0.2, 0.25) is 5.15 Å². The first-order valence-electron chi connectivity index (χ1n) is 5.46. The zero-order chi connectivity index (χ0) is 15.1. The first kappa shape index (κ1) is 15.6. The van der Waals surface area contributed by atoms with Crippen molar-refractivity contribution < 1.29 is 14.3 Å². The number of rotatable bonds is 1. The highest BCUT2D eigenvalue weighted by molar-refractivity contribution is 6.29. The number of carboxylic acid groups (broad SMARTS) is 1. The summed E-state index contributed by atoms with van der Waals surface area (Å²) >= 11 is 5.52. The lowest BCUT2D eigenvalue weighted by molar-refractivity contribution is 0.0696. The Bertz CT molecular complexity index is 648. The standard InChI is InChI=1S/C7H6ClNO2.C7H4FN/c1-4-2-5(7(10)11)3-6(8)9-4;8-7-4-2-1-3-6(7)5-9/h2-3H,1H3,(H,10,11);1-4H. The van der Waals surface area contributed by atoms with Gasteiger partial charge in [0.05, 0.1) is 11.1 Å². The first-order chi connectivity index (χ1) is 9.43. The van der Waals surface area contributed by atoms with Crippen LogP contribution in [0.3, 0.4) is 0 Å². The van der Waals surface area contributed by atoms with Gasteiger partial charge in [0.2, 0.25) is 0 Å². The Labute approximate surface area is 120 Å². The molecule has 0 fully saturated rings. The quantitative estimate of drug-likeness (QED) is 0.817. The van der Waals surface area contributed by atoms with Gasteiger partial charge in [-0.3, -0.25) is 0 Å². The third-order valence-electron chi connectivity index (χ3n) is 2.16. The molecule has 1 N–H and O–H groups in total. The second kappa shape index (κ2) is 7.22. The Morgan fingerprint density at radius 3 is 2.50 bits per heavy atom. The third kappa shape index (κ3) is 4.67. The van der Waals surface area contributed by atoms with Crippen molar-refractivity contribution in [2.75, 3.05) is 0 Å². The number of nitriles is 1. The average molecular weight is 293 g/mol. The summed E-state index contributed by atoms with van der Waals surface area (Å²) in [7, 11) is 0. The lowest BCUT2D eigenvalue weighted by Gasteiger charge is -1.96. The van der Waals surface area contributed by atoms with Gasteiger partial charge >= 0.3 is 5.97 Å². The van der Waals surface area contributed by atoms with Gasteiger partial charge in [0.15, 0.2) is 0 Å². The molecule has 0 bridgehead atoms. The van der Waals surface area contributed by atoms with Crippen molar-refractivity contribution in [1.82, 2.24) is 4.98 Å². The minimum Gasteiger partial charge on any atom is -0.478 e. The number of hydrogen-bond donors (Lipinski definition) is 1. The predicted molar refractivity (Wildman–Crippen MR) is 72.1 cm³/mol. The monoisotopic (exact) mass is 292 g/mol. The zero-order valence-corrected chi connectivity index (χ0v) is 11.2. The summed E-state index contributed by atoms with van der Waals surface area (Å²) in [6.45, 7) is 1.69. The number of halogens is 2. The fraction of sp³-hybridized carbons (Fsp3) is 0.0714. The lowest BCUT2D eigenvalue weighted by atomic mass is 10.2. The van der Waals surface area contributed by atoms with Crippen molar-refractivity contribution in [1.29, 1.82) is 5.26 Å². The van der Waals surface area contributed by atoms with Crippen LogP contribution < -0.4 is 0 Å². The molecule has 2 aromatic rings. The molecule has 4 nitrogen and oxygen atoms in total. The molecule has 0 aliphatic carbocycles. The minimum absolute atomic E-state index is 0.0949. The van der Waals surface area contributed by atoms with E-state index in [2.05, 4.69) is 4.98 Å². The van der Waals surface area contributed by atoms with E-state index in [0.717, 1.165) is 0 Å². The Morgan fingerprint density at radius 1 is 1.40 bits per heavy atom. The molecule has 2 rings (SSSR count). The molecule has 0 spiro atoms. The smallest absolute Gasteiger partial charge is 0.335 e.